The second-order valence-corrected chi connectivity index (χ2v) is 4.62. The van der Waals surface area contributed by atoms with E-state index in [1.165, 1.54) is 0 Å². The number of alkyl halides is 2. The Labute approximate surface area is 107 Å². The second kappa shape index (κ2) is 8.37. The van der Waals surface area contributed by atoms with Gasteiger partial charge in [-0.3, -0.25) is 4.79 Å². The first-order valence-corrected chi connectivity index (χ1v) is 6.41. The van der Waals surface area contributed by atoms with Crippen LogP contribution in [0.1, 0.15) is 19.3 Å². The number of hydrogen-bond donors (Lipinski definition) is 1. The fourth-order valence-electron chi connectivity index (χ4n) is 2.24. The van der Waals surface area contributed by atoms with Gasteiger partial charge in [-0.25, -0.2) is 8.78 Å². The lowest BCUT2D eigenvalue weighted by atomic mass is 9.98. The van der Waals surface area contributed by atoms with Gasteiger partial charge < -0.3 is 15.0 Å². The Morgan fingerprint density at radius 2 is 2.33 bits per heavy atom. The molecule has 0 radical (unpaired) electrons. The fourth-order valence-corrected chi connectivity index (χ4v) is 2.24. The number of ether oxygens (including phenoxy) is 1. The summed E-state index contributed by atoms with van der Waals surface area (Å²) in [5, 5.41) is 3.12. The molecule has 1 saturated heterocycles. The largest absolute Gasteiger partial charge is 0.375 e. The number of piperidine rings is 1. The van der Waals surface area contributed by atoms with E-state index in [1.807, 2.05) is 11.9 Å². The Morgan fingerprint density at radius 3 is 3.00 bits per heavy atom. The molecule has 0 aromatic rings. The molecule has 0 bridgehead atoms. The molecule has 0 spiro atoms. The Hall–Kier alpha value is -0.750. The first-order valence-electron chi connectivity index (χ1n) is 6.41. The van der Waals surface area contributed by atoms with Crippen LogP contribution in [0.4, 0.5) is 8.78 Å². The van der Waals surface area contributed by atoms with Gasteiger partial charge in [-0.2, -0.15) is 0 Å². The lowest BCUT2D eigenvalue weighted by molar-refractivity contribution is -0.134. The first-order chi connectivity index (χ1) is 8.63. The van der Waals surface area contributed by atoms with Crippen LogP contribution in [-0.4, -0.2) is 57.1 Å². The Morgan fingerprint density at radius 1 is 1.56 bits per heavy atom. The molecule has 106 valence electrons. The molecule has 18 heavy (non-hydrogen) atoms. The van der Waals surface area contributed by atoms with Gasteiger partial charge in [0, 0.05) is 13.1 Å². The number of likely N-dealkylation sites (tertiary alicyclic amines) is 1. The second-order valence-electron chi connectivity index (χ2n) is 4.62. The zero-order valence-electron chi connectivity index (χ0n) is 10.8. The van der Waals surface area contributed by atoms with E-state index in [2.05, 4.69) is 5.32 Å². The van der Waals surface area contributed by atoms with Crippen LogP contribution in [0.3, 0.4) is 0 Å². The minimum atomic E-state index is -2.46. The van der Waals surface area contributed by atoms with Gasteiger partial charge in [0.2, 0.25) is 5.91 Å². The van der Waals surface area contributed by atoms with Crippen LogP contribution in [0.5, 0.6) is 0 Å². The summed E-state index contributed by atoms with van der Waals surface area (Å²) in [6.45, 7) is 1.93. The van der Waals surface area contributed by atoms with Crippen LogP contribution in [0.25, 0.3) is 0 Å². The molecule has 1 unspecified atom stereocenters. The van der Waals surface area contributed by atoms with Crippen molar-refractivity contribution in [1.29, 1.82) is 0 Å². The van der Waals surface area contributed by atoms with Gasteiger partial charge in [-0.1, -0.05) is 0 Å². The van der Waals surface area contributed by atoms with Crippen molar-refractivity contribution in [3.8, 4) is 0 Å². The molecule has 1 aliphatic heterocycles. The molecule has 6 heteroatoms. The smallest absolute Gasteiger partial charge is 0.261 e. The van der Waals surface area contributed by atoms with Gasteiger partial charge in [0.25, 0.3) is 6.43 Å². The summed E-state index contributed by atoms with van der Waals surface area (Å²) in [6, 6.07) is 0. The van der Waals surface area contributed by atoms with E-state index in [-0.39, 0.29) is 18.9 Å². The molecule has 1 rings (SSSR count). The number of rotatable bonds is 7. The average molecular weight is 264 g/mol. The summed E-state index contributed by atoms with van der Waals surface area (Å²) in [4.78, 5) is 13.6. The van der Waals surface area contributed by atoms with E-state index in [9.17, 15) is 13.6 Å². The maximum atomic E-state index is 11.8. The monoisotopic (exact) mass is 264 g/mol. The lowest BCUT2D eigenvalue weighted by Gasteiger charge is -2.32. The lowest BCUT2D eigenvalue weighted by Crippen LogP contribution is -2.42. The molecule has 0 aromatic carbocycles. The summed E-state index contributed by atoms with van der Waals surface area (Å²) in [6.07, 6.45) is -0.128. The van der Waals surface area contributed by atoms with E-state index < -0.39 is 13.0 Å². The van der Waals surface area contributed by atoms with Gasteiger partial charge in [0.15, 0.2) is 0 Å². The van der Waals surface area contributed by atoms with Gasteiger partial charge in [-0.15, -0.1) is 0 Å². The highest BCUT2D eigenvalue weighted by atomic mass is 19.3. The quantitative estimate of drug-likeness (QED) is 0.701. The number of amides is 1. The van der Waals surface area contributed by atoms with Crippen LogP contribution >= 0.6 is 0 Å². The van der Waals surface area contributed by atoms with Gasteiger partial charge in [0.1, 0.15) is 6.61 Å². The van der Waals surface area contributed by atoms with E-state index in [1.54, 1.807) is 0 Å². The predicted octanol–water partition coefficient (Wildman–Crippen LogP) is 1.12. The zero-order chi connectivity index (χ0) is 13.4. The molecule has 1 fully saturated rings. The highest BCUT2D eigenvalue weighted by Crippen LogP contribution is 2.16. The van der Waals surface area contributed by atoms with Crippen molar-refractivity contribution in [2.45, 2.75) is 25.7 Å². The van der Waals surface area contributed by atoms with Crippen molar-refractivity contribution >= 4 is 5.91 Å². The summed E-state index contributed by atoms with van der Waals surface area (Å²) in [5.41, 5.74) is 0. The molecular formula is C12H22F2N2O2. The summed E-state index contributed by atoms with van der Waals surface area (Å²) < 4.78 is 28.4. The highest BCUT2D eigenvalue weighted by Gasteiger charge is 2.22. The maximum Gasteiger partial charge on any atom is 0.261 e. The van der Waals surface area contributed by atoms with Crippen LogP contribution in [0.15, 0.2) is 0 Å². The molecule has 1 atom stereocenters. The molecule has 4 nitrogen and oxygen atoms in total. The first kappa shape index (κ1) is 15.3. The molecule has 1 heterocycles. The zero-order valence-corrected chi connectivity index (χ0v) is 10.8. The minimum Gasteiger partial charge on any atom is -0.375 e. The van der Waals surface area contributed by atoms with Crippen LogP contribution in [-0.2, 0) is 9.53 Å². The number of carbonyl (C=O) groups is 1. The standard InChI is InChI=1S/C12H22F2N2O2/c1-15-7-10-3-2-5-16(8-10)12(17)4-6-18-9-11(13)14/h10-11,15H,2-9H2,1H3. The van der Waals surface area contributed by atoms with Crippen LogP contribution < -0.4 is 5.32 Å². The van der Waals surface area contributed by atoms with E-state index in [0.29, 0.717) is 5.92 Å². The SMILES string of the molecule is CNCC1CCCN(C(=O)CCOCC(F)F)C1. The Balaban J connectivity index is 2.20. The molecule has 1 aliphatic rings. The maximum absolute atomic E-state index is 11.8. The van der Waals surface area contributed by atoms with Crippen molar-refractivity contribution < 1.29 is 18.3 Å². The third-order valence-electron chi connectivity index (χ3n) is 3.07. The molecule has 0 aromatic heterocycles. The van der Waals surface area contributed by atoms with Gasteiger partial charge in [-0.05, 0) is 32.4 Å². The van der Waals surface area contributed by atoms with Crippen molar-refractivity contribution in [1.82, 2.24) is 10.2 Å². The fraction of sp³-hybridized carbons (Fsp3) is 0.917. The third-order valence-corrected chi connectivity index (χ3v) is 3.07. The number of carbonyl (C=O) groups excluding carboxylic acids is 1. The highest BCUT2D eigenvalue weighted by molar-refractivity contribution is 5.76. The topological polar surface area (TPSA) is 41.6 Å². The van der Waals surface area contributed by atoms with Crippen LogP contribution in [0.2, 0.25) is 0 Å². The van der Waals surface area contributed by atoms with Crippen molar-refractivity contribution in [2.24, 2.45) is 5.92 Å². The van der Waals surface area contributed by atoms with Crippen molar-refractivity contribution in [3.05, 3.63) is 0 Å². The minimum absolute atomic E-state index is 0.00469. The molecule has 1 amide bonds. The average Bonchev–Trinajstić information content (AvgIpc) is 2.35. The van der Waals surface area contributed by atoms with Crippen molar-refractivity contribution in [3.63, 3.8) is 0 Å². The summed E-state index contributed by atoms with van der Waals surface area (Å²) in [5.74, 6) is 0.500. The summed E-state index contributed by atoms with van der Waals surface area (Å²) in [7, 11) is 1.90. The number of nitrogens with zero attached hydrogens (tertiary/aromatic N) is 1. The van der Waals surface area contributed by atoms with Gasteiger partial charge >= 0.3 is 0 Å². The Kier molecular flexibility index (Phi) is 7.12. The number of nitrogens with one attached hydrogen (secondary N) is 1. The molecule has 0 saturated carbocycles. The molecule has 0 aliphatic carbocycles. The number of halogens is 2. The van der Waals surface area contributed by atoms with Gasteiger partial charge in [0.05, 0.1) is 13.0 Å². The summed E-state index contributed by atoms with van der Waals surface area (Å²) >= 11 is 0. The predicted molar refractivity (Wildman–Crippen MR) is 64.7 cm³/mol. The third kappa shape index (κ3) is 5.73. The number of hydrogen-bond acceptors (Lipinski definition) is 3. The van der Waals surface area contributed by atoms with E-state index in [0.717, 1.165) is 32.5 Å². The normalized spacial score (nSPS) is 20.4. The van der Waals surface area contributed by atoms with E-state index >= 15 is 0 Å². The van der Waals surface area contributed by atoms with Crippen molar-refractivity contribution in [2.75, 3.05) is 39.9 Å². The van der Waals surface area contributed by atoms with Crippen LogP contribution in [0, 0.1) is 5.92 Å². The van der Waals surface area contributed by atoms with E-state index in [4.69, 9.17) is 4.74 Å². The molecular weight excluding hydrogens is 242 g/mol. The molecule has 1 N–H and O–H groups in total. The Bertz CT molecular complexity index is 250.